The molecule has 7 nitrogen and oxygen atoms in total. The molecule has 1 fully saturated rings. The Morgan fingerprint density at radius 2 is 2.00 bits per heavy atom. The number of carbonyl (C=O) groups is 1. The lowest BCUT2D eigenvalue weighted by molar-refractivity contribution is -0.0586. The van der Waals surface area contributed by atoms with Crippen molar-refractivity contribution in [3.8, 4) is 0 Å². The van der Waals surface area contributed by atoms with Crippen LogP contribution in [0, 0.1) is 0 Å². The van der Waals surface area contributed by atoms with Crippen molar-refractivity contribution in [1.29, 1.82) is 0 Å². The van der Waals surface area contributed by atoms with E-state index in [9.17, 15) is 4.79 Å². The number of rotatable bonds is 3. The van der Waals surface area contributed by atoms with Gasteiger partial charge in [-0.25, -0.2) is 9.97 Å². The normalized spacial score (nSPS) is 20.5. The summed E-state index contributed by atoms with van der Waals surface area (Å²) in [5, 5.41) is 0. The van der Waals surface area contributed by atoms with E-state index in [0.717, 1.165) is 11.3 Å². The van der Waals surface area contributed by atoms with Crippen molar-refractivity contribution in [2.45, 2.75) is 32.6 Å². The number of imidazole rings is 1. The highest BCUT2D eigenvalue weighted by molar-refractivity contribution is 5.96. The van der Waals surface area contributed by atoms with Crippen molar-refractivity contribution in [3.05, 3.63) is 54.2 Å². The molecule has 2 atom stereocenters. The highest BCUT2D eigenvalue weighted by Gasteiger charge is 2.27. The predicted molar refractivity (Wildman–Crippen MR) is 96.8 cm³/mol. The fourth-order valence-corrected chi connectivity index (χ4v) is 3.37. The molecule has 3 aromatic rings. The lowest BCUT2D eigenvalue weighted by atomic mass is 10.2. The van der Waals surface area contributed by atoms with E-state index in [1.165, 1.54) is 0 Å². The van der Waals surface area contributed by atoms with Crippen molar-refractivity contribution in [2.24, 2.45) is 0 Å². The Morgan fingerprint density at radius 3 is 2.73 bits per heavy atom. The van der Waals surface area contributed by atoms with Gasteiger partial charge in [0, 0.05) is 25.5 Å². The number of nitrogens with zero attached hydrogens (tertiary/aromatic N) is 5. The zero-order valence-electron chi connectivity index (χ0n) is 14.9. The summed E-state index contributed by atoms with van der Waals surface area (Å²) in [7, 11) is 0. The average molecular weight is 351 g/mol. The van der Waals surface area contributed by atoms with Gasteiger partial charge in [-0.05, 0) is 32.0 Å². The van der Waals surface area contributed by atoms with Crippen LogP contribution >= 0.6 is 0 Å². The third kappa shape index (κ3) is 3.30. The number of fused-ring (bicyclic) bond motifs is 1. The van der Waals surface area contributed by atoms with E-state index in [-0.39, 0.29) is 18.1 Å². The molecule has 1 saturated heterocycles. The van der Waals surface area contributed by atoms with E-state index in [1.807, 2.05) is 47.6 Å². The Labute approximate surface area is 151 Å². The van der Waals surface area contributed by atoms with Crippen LogP contribution in [0.4, 0.5) is 0 Å². The van der Waals surface area contributed by atoms with Gasteiger partial charge in [-0.3, -0.25) is 9.78 Å². The summed E-state index contributed by atoms with van der Waals surface area (Å²) >= 11 is 0. The van der Waals surface area contributed by atoms with Gasteiger partial charge >= 0.3 is 0 Å². The Hall–Kier alpha value is -2.80. The maximum Gasteiger partial charge on any atom is 0.255 e. The highest BCUT2D eigenvalue weighted by atomic mass is 16.5. The van der Waals surface area contributed by atoms with Gasteiger partial charge in [0.05, 0.1) is 36.3 Å². The second-order valence-electron chi connectivity index (χ2n) is 6.73. The second-order valence-corrected chi connectivity index (χ2v) is 6.73. The SMILES string of the molecule is C[C@@H]1CN(C(=O)c2cnc3c(c2)ncn3Cc2ccccn2)C[C@H](C)O1. The molecule has 0 radical (unpaired) electrons. The van der Waals surface area contributed by atoms with Gasteiger partial charge in [0.15, 0.2) is 5.65 Å². The molecule has 26 heavy (non-hydrogen) atoms. The van der Waals surface area contributed by atoms with E-state index in [4.69, 9.17) is 4.74 Å². The summed E-state index contributed by atoms with van der Waals surface area (Å²) in [6.07, 6.45) is 5.21. The predicted octanol–water partition coefficient (Wildman–Crippen LogP) is 2.12. The minimum atomic E-state index is -0.0272. The standard InChI is InChI=1S/C19H21N5O2/c1-13-9-23(10-14(2)26-13)19(25)15-7-17-18(21-8-15)24(12-22-17)11-16-5-3-4-6-20-16/h3-8,12-14H,9-11H2,1-2H3/t13-,14+. The molecule has 1 amide bonds. The van der Waals surface area contributed by atoms with Crippen LogP contribution in [0.2, 0.25) is 0 Å². The highest BCUT2D eigenvalue weighted by Crippen LogP contribution is 2.17. The van der Waals surface area contributed by atoms with E-state index in [2.05, 4.69) is 15.0 Å². The fraction of sp³-hybridized carbons (Fsp3) is 0.368. The molecule has 4 rings (SSSR count). The van der Waals surface area contributed by atoms with Gasteiger partial charge in [0.2, 0.25) is 0 Å². The maximum absolute atomic E-state index is 12.8. The molecular formula is C19H21N5O2. The number of pyridine rings is 2. The topological polar surface area (TPSA) is 73.1 Å². The van der Waals surface area contributed by atoms with Crippen molar-refractivity contribution >= 4 is 17.1 Å². The van der Waals surface area contributed by atoms with Crippen molar-refractivity contribution in [1.82, 2.24) is 24.4 Å². The van der Waals surface area contributed by atoms with Gasteiger partial charge in [0.1, 0.15) is 5.52 Å². The van der Waals surface area contributed by atoms with Gasteiger partial charge in [-0.2, -0.15) is 0 Å². The number of ether oxygens (including phenoxy) is 1. The summed E-state index contributed by atoms with van der Waals surface area (Å²) in [6.45, 7) is 5.74. The first-order valence-corrected chi connectivity index (χ1v) is 8.75. The monoisotopic (exact) mass is 351 g/mol. The Balaban J connectivity index is 1.57. The summed E-state index contributed by atoms with van der Waals surface area (Å²) in [6, 6.07) is 7.61. The summed E-state index contributed by atoms with van der Waals surface area (Å²) in [5.41, 5.74) is 2.95. The molecule has 0 saturated carbocycles. The number of hydrogen-bond donors (Lipinski definition) is 0. The van der Waals surface area contributed by atoms with Crippen LogP contribution in [0.3, 0.4) is 0 Å². The average Bonchev–Trinajstić information content (AvgIpc) is 3.03. The molecule has 0 unspecified atom stereocenters. The first-order chi connectivity index (χ1) is 12.6. The quantitative estimate of drug-likeness (QED) is 0.723. The largest absolute Gasteiger partial charge is 0.372 e. The van der Waals surface area contributed by atoms with Crippen LogP contribution < -0.4 is 0 Å². The Kier molecular flexibility index (Phi) is 4.38. The van der Waals surface area contributed by atoms with Gasteiger partial charge in [0.25, 0.3) is 5.91 Å². The number of carbonyl (C=O) groups excluding carboxylic acids is 1. The third-order valence-electron chi connectivity index (χ3n) is 4.47. The van der Waals surface area contributed by atoms with Gasteiger partial charge in [-0.15, -0.1) is 0 Å². The zero-order chi connectivity index (χ0) is 18.1. The second kappa shape index (κ2) is 6.84. The Morgan fingerprint density at radius 1 is 1.19 bits per heavy atom. The number of hydrogen-bond acceptors (Lipinski definition) is 5. The molecule has 0 N–H and O–H groups in total. The minimum absolute atomic E-state index is 0.0272. The molecule has 0 aromatic carbocycles. The van der Waals surface area contributed by atoms with Crippen LogP contribution in [0.15, 0.2) is 43.0 Å². The van der Waals surface area contributed by atoms with E-state index in [1.54, 1.807) is 18.7 Å². The first-order valence-electron chi connectivity index (χ1n) is 8.75. The van der Waals surface area contributed by atoms with Crippen molar-refractivity contribution in [3.63, 3.8) is 0 Å². The van der Waals surface area contributed by atoms with Crippen molar-refractivity contribution < 1.29 is 9.53 Å². The van der Waals surface area contributed by atoms with Crippen LogP contribution in [0.25, 0.3) is 11.2 Å². The van der Waals surface area contributed by atoms with Crippen molar-refractivity contribution in [2.75, 3.05) is 13.1 Å². The maximum atomic E-state index is 12.8. The van der Waals surface area contributed by atoms with Gasteiger partial charge in [-0.1, -0.05) is 6.07 Å². The van der Waals surface area contributed by atoms with E-state index in [0.29, 0.717) is 30.7 Å². The van der Waals surface area contributed by atoms with Crippen LogP contribution in [-0.2, 0) is 11.3 Å². The Bertz CT molecular complexity index is 914. The lowest BCUT2D eigenvalue weighted by Gasteiger charge is -2.35. The molecule has 7 heteroatoms. The minimum Gasteiger partial charge on any atom is -0.372 e. The molecule has 3 aromatic heterocycles. The van der Waals surface area contributed by atoms with Crippen LogP contribution in [0.1, 0.15) is 29.9 Å². The molecule has 1 aliphatic heterocycles. The molecule has 0 aliphatic carbocycles. The zero-order valence-corrected chi connectivity index (χ0v) is 14.9. The van der Waals surface area contributed by atoms with Crippen LogP contribution in [0.5, 0.6) is 0 Å². The number of amides is 1. The molecule has 134 valence electrons. The van der Waals surface area contributed by atoms with Gasteiger partial charge < -0.3 is 14.2 Å². The summed E-state index contributed by atoms with van der Waals surface area (Å²) in [4.78, 5) is 27.9. The molecule has 4 heterocycles. The first kappa shape index (κ1) is 16.7. The molecule has 0 spiro atoms. The summed E-state index contributed by atoms with van der Waals surface area (Å²) < 4.78 is 7.64. The number of aromatic nitrogens is 4. The molecule has 1 aliphatic rings. The lowest BCUT2D eigenvalue weighted by Crippen LogP contribution is -2.48. The van der Waals surface area contributed by atoms with E-state index >= 15 is 0 Å². The summed E-state index contributed by atoms with van der Waals surface area (Å²) in [5.74, 6) is -0.0272. The third-order valence-corrected chi connectivity index (χ3v) is 4.47. The fourth-order valence-electron chi connectivity index (χ4n) is 3.37. The smallest absolute Gasteiger partial charge is 0.255 e. The molecule has 0 bridgehead atoms. The van der Waals surface area contributed by atoms with E-state index < -0.39 is 0 Å². The number of morpholine rings is 1. The molecular weight excluding hydrogens is 330 g/mol. The van der Waals surface area contributed by atoms with Crippen LogP contribution in [-0.4, -0.2) is 55.6 Å².